The smallest absolute Gasteiger partial charge is 0.114 e. The molecule has 0 saturated carbocycles. The fourth-order valence-corrected chi connectivity index (χ4v) is 3.93. The molecule has 4 heteroatoms. The van der Waals surface area contributed by atoms with E-state index in [9.17, 15) is 5.11 Å². The summed E-state index contributed by atoms with van der Waals surface area (Å²) in [6.07, 6.45) is -0.607. The molecule has 0 fully saturated rings. The minimum atomic E-state index is -0.607. The van der Waals surface area contributed by atoms with Crippen molar-refractivity contribution in [1.29, 1.82) is 0 Å². The van der Waals surface area contributed by atoms with E-state index < -0.39 is 6.10 Å². The van der Waals surface area contributed by atoms with Gasteiger partial charge in [-0.25, -0.2) is 0 Å². The lowest BCUT2D eigenvalue weighted by Gasteiger charge is -2.11. The summed E-state index contributed by atoms with van der Waals surface area (Å²) in [6.45, 7) is 0. The fraction of sp³-hybridized carbons (Fsp3) is 0.0667. The van der Waals surface area contributed by atoms with Gasteiger partial charge in [0.25, 0.3) is 0 Å². The Morgan fingerprint density at radius 3 is 2.58 bits per heavy atom. The van der Waals surface area contributed by atoms with E-state index in [0.717, 1.165) is 19.4 Å². The van der Waals surface area contributed by atoms with E-state index in [-0.39, 0.29) is 0 Å². The van der Waals surface area contributed by atoms with Crippen molar-refractivity contribution in [3.63, 3.8) is 0 Å². The summed E-state index contributed by atoms with van der Waals surface area (Å²) in [7, 11) is 0. The predicted octanol–water partition coefficient (Wildman–Crippen LogP) is 5.51. The third-order valence-corrected chi connectivity index (χ3v) is 5.35. The number of aliphatic hydroxyl groups excluding tert-OH is 1. The normalized spacial score (nSPS) is 12.8. The molecule has 1 unspecified atom stereocenters. The maximum atomic E-state index is 10.6. The van der Waals surface area contributed by atoms with Crippen LogP contribution in [0.15, 0.2) is 57.5 Å². The molecule has 0 amide bonds. The molecule has 0 radical (unpaired) electrons. The van der Waals surface area contributed by atoms with Gasteiger partial charge in [-0.05, 0) is 35.7 Å². The van der Waals surface area contributed by atoms with E-state index >= 15 is 0 Å². The van der Waals surface area contributed by atoms with Crippen LogP contribution in [-0.2, 0) is 0 Å². The number of hydrogen-bond donors (Lipinski definition) is 1. The van der Waals surface area contributed by atoms with E-state index in [0.29, 0.717) is 0 Å². The summed E-state index contributed by atoms with van der Waals surface area (Å²) in [5, 5.41) is 11.7. The number of benzene rings is 2. The second-order valence-corrected chi connectivity index (χ2v) is 7.14. The van der Waals surface area contributed by atoms with Crippen LogP contribution in [0.4, 0.5) is 0 Å². The first-order chi connectivity index (χ1) is 9.15. The monoisotopic (exact) mass is 396 g/mol. The average Bonchev–Trinajstić information content (AvgIpc) is 2.84. The van der Waals surface area contributed by atoms with Crippen LogP contribution >= 0.6 is 43.2 Å². The van der Waals surface area contributed by atoms with Crippen LogP contribution in [-0.4, -0.2) is 5.11 Å². The van der Waals surface area contributed by atoms with E-state index in [2.05, 4.69) is 50.1 Å². The van der Waals surface area contributed by atoms with Crippen molar-refractivity contribution in [3.05, 3.63) is 67.9 Å². The standard InChI is InChI=1S/C15H10Br2OS/c16-10-5-6-12(17)11(8-10)15(18)14-7-9-3-1-2-4-13(9)19-14/h1-8,15,18H. The molecule has 1 nitrogen and oxygen atoms in total. The highest BCUT2D eigenvalue weighted by atomic mass is 79.9. The van der Waals surface area contributed by atoms with Gasteiger partial charge in [0.05, 0.1) is 0 Å². The van der Waals surface area contributed by atoms with Gasteiger partial charge in [-0.1, -0.05) is 50.1 Å². The third kappa shape index (κ3) is 2.63. The van der Waals surface area contributed by atoms with Gasteiger partial charge in [0.2, 0.25) is 0 Å². The molecule has 1 aromatic heterocycles. The van der Waals surface area contributed by atoms with Crippen LogP contribution in [0.3, 0.4) is 0 Å². The predicted molar refractivity (Wildman–Crippen MR) is 87.7 cm³/mol. The Morgan fingerprint density at radius 1 is 1.00 bits per heavy atom. The zero-order valence-corrected chi connectivity index (χ0v) is 13.8. The quantitative estimate of drug-likeness (QED) is 0.604. The van der Waals surface area contributed by atoms with Crippen LogP contribution in [0, 0.1) is 0 Å². The van der Waals surface area contributed by atoms with Crippen LogP contribution in [0.1, 0.15) is 16.5 Å². The molecule has 1 N–H and O–H groups in total. The number of halogens is 2. The Morgan fingerprint density at radius 2 is 1.79 bits per heavy atom. The molecule has 0 saturated heterocycles. The molecule has 0 spiro atoms. The Labute approximate surface area is 132 Å². The van der Waals surface area contributed by atoms with Gasteiger partial charge in [0.15, 0.2) is 0 Å². The molecule has 19 heavy (non-hydrogen) atoms. The topological polar surface area (TPSA) is 20.2 Å². The van der Waals surface area contributed by atoms with E-state index in [1.54, 1.807) is 11.3 Å². The Balaban J connectivity index is 2.07. The SMILES string of the molecule is OC(c1cc2ccccc2s1)c1cc(Br)ccc1Br. The lowest BCUT2D eigenvalue weighted by atomic mass is 10.1. The van der Waals surface area contributed by atoms with Gasteiger partial charge >= 0.3 is 0 Å². The highest BCUT2D eigenvalue weighted by Gasteiger charge is 2.16. The number of rotatable bonds is 2. The van der Waals surface area contributed by atoms with Crippen LogP contribution < -0.4 is 0 Å². The maximum Gasteiger partial charge on any atom is 0.114 e. The molecule has 2 aromatic carbocycles. The summed E-state index contributed by atoms with van der Waals surface area (Å²) in [5.74, 6) is 0. The Hall–Kier alpha value is -0.680. The number of hydrogen-bond acceptors (Lipinski definition) is 2. The number of aliphatic hydroxyl groups is 1. The summed E-state index contributed by atoms with van der Waals surface area (Å²) >= 11 is 8.57. The number of thiophene rings is 1. The van der Waals surface area contributed by atoms with Crippen molar-refractivity contribution in [3.8, 4) is 0 Å². The van der Waals surface area contributed by atoms with Gasteiger partial charge < -0.3 is 5.11 Å². The third-order valence-electron chi connectivity index (χ3n) is 2.97. The number of fused-ring (bicyclic) bond motifs is 1. The molecule has 1 atom stereocenters. The fourth-order valence-electron chi connectivity index (χ4n) is 2.01. The zero-order chi connectivity index (χ0) is 13.4. The maximum absolute atomic E-state index is 10.6. The molecule has 0 bridgehead atoms. The van der Waals surface area contributed by atoms with Crippen molar-refractivity contribution >= 4 is 53.3 Å². The van der Waals surface area contributed by atoms with Crippen molar-refractivity contribution in [2.45, 2.75) is 6.10 Å². The van der Waals surface area contributed by atoms with Crippen molar-refractivity contribution in [2.24, 2.45) is 0 Å². The Kier molecular flexibility index (Phi) is 3.76. The minimum Gasteiger partial charge on any atom is -0.383 e. The van der Waals surface area contributed by atoms with Gasteiger partial charge in [-0.15, -0.1) is 11.3 Å². The van der Waals surface area contributed by atoms with Crippen LogP contribution in [0.25, 0.3) is 10.1 Å². The average molecular weight is 398 g/mol. The lowest BCUT2D eigenvalue weighted by Crippen LogP contribution is -1.98. The molecular weight excluding hydrogens is 388 g/mol. The second kappa shape index (κ2) is 5.37. The Bertz CT molecular complexity index is 703. The van der Waals surface area contributed by atoms with Crippen molar-refractivity contribution < 1.29 is 5.11 Å². The molecule has 0 aliphatic rings. The molecule has 96 valence electrons. The molecule has 1 heterocycles. The van der Waals surface area contributed by atoms with Crippen LogP contribution in [0.2, 0.25) is 0 Å². The largest absolute Gasteiger partial charge is 0.383 e. The highest BCUT2D eigenvalue weighted by Crippen LogP contribution is 2.36. The first-order valence-electron chi connectivity index (χ1n) is 5.76. The van der Waals surface area contributed by atoms with E-state index in [1.807, 2.05) is 30.3 Å². The van der Waals surface area contributed by atoms with Gasteiger partial charge in [-0.3, -0.25) is 0 Å². The van der Waals surface area contributed by atoms with Gasteiger partial charge in [0.1, 0.15) is 6.10 Å². The summed E-state index contributed by atoms with van der Waals surface area (Å²) in [4.78, 5) is 0.958. The molecule has 0 aliphatic carbocycles. The van der Waals surface area contributed by atoms with Crippen molar-refractivity contribution in [2.75, 3.05) is 0 Å². The molecular formula is C15H10Br2OS. The second-order valence-electron chi connectivity index (χ2n) is 4.25. The first-order valence-corrected chi connectivity index (χ1v) is 8.17. The summed E-state index contributed by atoms with van der Waals surface area (Å²) < 4.78 is 3.08. The highest BCUT2D eigenvalue weighted by molar-refractivity contribution is 9.11. The molecule has 0 aliphatic heterocycles. The van der Waals surface area contributed by atoms with E-state index in [4.69, 9.17) is 0 Å². The minimum absolute atomic E-state index is 0.607. The molecule has 3 rings (SSSR count). The van der Waals surface area contributed by atoms with Crippen molar-refractivity contribution in [1.82, 2.24) is 0 Å². The van der Waals surface area contributed by atoms with Crippen LogP contribution in [0.5, 0.6) is 0 Å². The van der Waals surface area contributed by atoms with Gasteiger partial charge in [0, 0.05) is 24.1 Å². The van der Waals surface area contributed by atoms with Gasteiger partial charge in [-0.2, -0.15) is 0 Å². The first kappa shape index (κ1) is 13.3. The molecule has 3 aromatic rings. The summed E-state index contributed by atoms with van der Waals surface area (Å²) in [6, 6.07) is 16.1. The van der Waals surface area contributed by atoms with E-state index in [1.165, 1.54) is 10.1 Å². The zero-order valence-electron chi connectivity index (χ0n) is 9.81. The lowest BCUT2D eigenvalue weighted by molar-refractivity contribution is 0.223. The summed E-state index contributed by atoms with van der Waals surface area (Å²) in [5.41, 5.74) is 0.876.